The highest BCUT2D eigenvalue weighted by molar-refractivity contribution is 9.10. The smallest absolute Gasteiger partial charge is 0.274 e. The highest BCUT2D eigenvalue weighted by Crippen LogP contribution is 2.45. The number of rotatable bonds is 6. The van der Waals surface area contributed by atoms with Crippen LogP contribution in [0.2, 0.25) is 10.0 Å². The fourth-order valence-electron chi connectivity index (χ4n) is 5.54. The molecule has 4 aromatic rings. The van der Waals surface area contributed by atoms with Crippen LogP contribution in [0.4, 0.5) is 11.6 Å². The monoisotopic (exact) mass is 717 g/mol. The second-order valence-corrected chi connectivity index (χ2v) is 14.5. The van der Waals surface area contributed by atoms with Gasteiger partial charge >= 0.3 is 0 Å². The van der Waals surface area contributed by atoms with Crippen molar-refractivity contribution in [1.29, 1.82) is 0 Å². The Bertz CT molecular complexity index is 1860. The molecule has 1 saturated heterocycles. The summed E-state index contributed by atoms with van der Waals surface area (Å²) in [5.41, 5.74) is 0.717. The summed E-state index contributed by atoms with van der Waals surface area (Å²) < 4.78 is 32.1. The molecule has 0 unspecified atom stereocenters. The van der Waals surface area contributed by atoms with E-state index in [1.165, 1.54) is 32.4 Å². The van der Waals surface area contributed by atoms with Gasteiger partial charge in [0, 0.05) is 53.3 Å². The molecule has 0 bridgehead atoms. The molecule has 1 fully saturated rings. The molecule has 2 aromatic heterocycles. The number of benzene rings is 2. The number of hydrogen-bond acceptors (Lipinski definition) is 7. The first-order valence-electron chi connectivity index (χ1n) is 13.6. The SMILES string of the molecule is Cc1cnc(C(=O)N2CCN(S(=O)(=O)c3cnc4n3[C@](C)(Cc3ccc(Br)cc3)C(=O)N4c3cc(Cl)cc(Cl)c3)CC2)cn1. The molecular formula is C29H26BrCl2N7O4S. The molecule has 0 aliphatic carbocycles. The van der Waals surface area contributed by atoms with E-state index in [2.05, 4.69) is 30.9 Å². The molecule has 15 heteroatoms. The van der Waals surface area contributed by atoms with Gasteiger partial charge in [-0.15, -0.1) is 0 Å². The Kier molecular flexibility index (Phi) is 8.03. The van der Waals surface area contributed by atoms with E-state index in [1.54, 1.807) is 36.9 Å². The van der Waals surface area contributed by atoms with Crippen LogP contribution in [0.3, 0.4) is 0 Å². The van der Waals surface area contributed by atoms with E-state index in [0.29, 0.717) is 21.4 Å². The molecule has 0 saturated carbocycles. The quantitative estimate of drug-likeness (QED) is 0.280. The number of nitrogens with zero attached hydrogens (tertiary/aromatic N) is 7. The van der Waals surface area contributed by atoms with Gasteiger partial charge < -0.3 is 4.90 Å². The Morgan fingerprint density at radius 1 is 0.955 bits per heavy atom. The van der Waals surface area contributed by atoms with Crippen molar-refractivity contribution >= 4 is 72.6 Å². The van der Waals surface area contributed by atoms with Crippen LogP contribution in [-0.2, 0) is 26.8 Å². The zero-order chi connectivity index (χ0) is 31.4. The van der Waals surface area contributed by atoms with E-state index in [9.17, 15) is 18.0 Å². The molecule has 2 amide bonds. The Morgan fingerprint density at radius 2 is 1.61 bits per heavy atom. The summed E-state index contributed by atoms with van der Waals surface area (Å²) >= 11 is 16.0. The normalized spacial score (nSPS) is 19.0. The lowest BCUT2D eigenvalue weighted by Gasteiger charge is -2.34. The Labute approximate surface area is 272 Å². The summed E-state index contributed by atoms with van der Waals surface area (Å²) in [4.78, 5) is 42.9. The van der Waals surface area contributed by atoms with E-state index in [4.69, 9.17) is 23.2 Å². The van der Waals surface area contributed by atoms with Crippen molar-refractivity contribution in [2.45, 2.75) is 30.8 Å². The molecular weight excluding hydrogens is 693 g/mol. The number of hydrogen-bond donors (Lipinski definition) is 0. The van der Waals surface area contributed by atoms with E-state index in [0.717, 1.165) is 10.0 Å². The third kappa shape index (κ3) is 5.40. The molecule has 1 atom stereocenters. The second kappa shape index (κ2) is 11.5. The van der Waals surface area contributed by atoms with Gasteiger partial charge in [0.05, 0.1) is 23.8 Å². The predicted molar refractivity (Wildman–Crippen MR) is 169 cm³/mol. The highest BCUT2D eigenvalue weighted by Gasteiger charge is 2.52. The molecule has 0 N–H and O–H groups in total. The zero-order valence-corrected chi connectivity index (χ0v) is 27.5. The van der Waals surface area contributed by atoms with Crippen LogP contribution in [0.15, 0.2) is 70.6 Å². The number of imidazole rings is 1. The Morgan fingerprint density at radius 3 is 2.23 bits per heavy atom. The number of anilines is 2. The van der Waals surface area contributed by atoms with Gasteiger partial charge in [-0.2, -0.15) is 4.31 Å². The number of halogens is 3. The van der Waals surface area contributed by atoms with E-state index in [-0.39, 0.29) is 61.1 Å². The maximum absolute atomic E-state index is 14.3. The van der Waals surface area contributed by atoms with Crippen molar-refractivity contribution < 1.29 is 18.0 Å². The minimum atomic E-state index is -4.15. The van der Waals surface area contributed by atoms with Crippen LogP contribution in [-0.4, -0.2) is 75.1 Å². The van der Waals surface area contributed by atoms with Crippen molar-refractivity contribution in [2.75, 3.05) is 31.1 Å². The molecule has 6 rings (SSSR count). The summed E-state index contributed by atoms with van der Waals surface area (Å²) in [5, 5.41) is 0.508. The first-order valence-corrected chi connectivity index (χ1v) is 16.6. The Hall–Kier alpha value is -3.36. The minimum Gasteiger partial charge on any atom is -0.335 e. The fourth-order valence-corrected chi connectivity index (χ4v) is 7.93. The Balaban J connectivity index is 1.35. The van der Waals surface area contributed by atoms with Crippen molar-refractivity contribution in [1.82, 2.24) is 28.7 Å². The third-order valence-corrected chi connectivity index (χ3v) is 10.6. The maximum Gasteiger partial charge on any atom is 0.274 e. The lowest BCUT2D eigenvalue weighted by Crippen LogP contribution is -2.51. The van der Waals surface area contributed by atoms with Gasteiger partial charge in [-0.05, 0) is 49.7 Å². The fraction of sp³-hybridized carbons (Fsp3) is 0.276. The summed E-state index contributed by atoms with van der Waals surface area (Å²) in [6.07, 6.45) is 4.39. The van der Waals surface area contributed by atoms with Crippen LogP contribution in [0, 0.1) is 6.92 Å². The molecule has 44 heavy (non-hydrogen) atoms. The molecule has 0 spiro atoms. The predicted octanol–water partition coefficient (Wildman–Crippen LogP) is 4.83. The molecule has 2 aliphatic rings. The molecule has 228 valence electrons. The average Bonchev–Trinajstić information content (AvgIpc) is 3.52. The summed E-state index contributed by atoms with van der Waals surface area (Å²) in [6, 6.07) is 12.2. The van der Waals surface area contributed by atoms with E-state index < -0.39 is 15.6 Å². The topological polar surface area (TPSA) is 122 Å². The second-order valence-electron chi connectivity index (χ2n) is 10.8. The van der Waals surface area contributed by atoms with Crippen molar-refractivity contribution in [3.63, 3.8) is 0 Å². The lowest BCUT2D eigenvalue weighted by atomic mass is 9.92. The van der Waals surface area contributed by atoms with Crippen molar-refractivity contribution in [3.8, 4) is 0 Å². The summed E-state index contributed by atoms with van der Waals surface area (Å²) in [6.45, 7) is 3.91. The first-order chi connectivity index (χ1) is 20.9. The van der Waals surface area contributed by atoms with Crippen LogP contribution < -0.4 is 4.90 Å². The van der Waals surface area contributed by atoms with E-state index in [1.807, 2.05) is 24.3 Å². The van der Waals surface area contributed by atoms with Crippen LogP contribution in [0.1, 0.15) is 28.7 Å². The number of carbonyl (C=O) groups excluding carboxylic acids is 2. The van der Waals surface area contributed by atoms with Crippen molar-refractivity contribution in [3.05, 3.63) is 92.5 Å². The van der Waals surface area contributed by atoms with Gasteiger partial charge in [0.2, 0.25) is 5.95 Å². The largest absolute Gasteiger partial charge is 0.335 e. The number of sulfonamides is 1. The zero-order valence-electron chi connectivity index (χ0n) is 23.6. The van der Waals surface area contributed by atoms with Gasteiger partial charge in [0.1, 0.15) is 11.2 Å². The van der Waals surface area contributed by atoms with Crippen molar-refractivity contribution in [2.24, 2.45) is 0 Å². The van der Waals surface area contributed by atoms with Gasteiger partial charge in [-0.25, -0.2) is 23.3 Å². The molecule has 2 aliphatic heterocycles. The number of amides is 2. The minimum absolute atomic E-state index is 0.0544. The lowest BCUT2D eigenvalue weighted by molar-refractivity contribution is -0.124. The average molecular weight is 719 g/mol. The molecule has 4 heterocycles. The van der Waals surface area contributed by atoms with Gasteiger partial charge in [-0.3, -0.25) is 19.1 Å². The number of aromatic nitrogens is 4. The number of carbonyl (C=O) groups is 2. The standard InChI is InChI=1S/C29H26BrCl2N7O4S/c1-18-15-34-24(16-33-18)26(40)36-7-9-37(10-8-36)44(42,43)25-17-35-28-38(23-12-21(31)11-22(32)13-23)27(41)29(2,39(25)28)14-19-3-5-20(30)6-4-19/h3-6,11-13,15-17H,7-10,14H2,1-2H3/t29-/m1/s1. The number of aryl methyl sites for hydroxylation is 1. The van der Waals surface area contributed by atoms with Gasteiger partial charge in [0.15, 0.2) is 5.03 Å². The number of piperazine rings is 1. The van der Waals surface area contributed by atoms with Gasteiger partial charge in [-0.1, -0.05) is 51.3 Å². The number of fused-ring (bicyclic) bond motifs is 1. The first kappa shape index (κ1) is 30.7. The maximum atomic E-state index is 14.3. The highest BCUT2D eigenvalue weighted by atomic mass is 79.9. The third-order valence-electron chi connectivity index (χ3n) is 7.77. The van der Waals surface area contributed by atoms with Crippen LogP contribution in [0.25, 0.3) is 0 Å². The van der Waals surface area contributed by atoms with Crippen LogP contribution >= 0.6 is 39.1 Å². The van der Waals surface area contributed by atoms with E-state index >= 15 is 0 Å². The summed E-state index contributed by atoms with van der Waals surface area (Å²) in [7, 11) is -4.15. The van der Waals surface area contributed by atoms with Gasteiger partial charge in [0.25, 0.3) is 21.8 Å². The summed E-state index contributed by atoms with van der Waals surface area (Å²) in [5.74, 6) is -0.561. The molecule has 11 nitrogen and oxygen atoms in total. The molecule has 2 aromatic carbocycles. The van der Waals surface area contributed by atoms with Crippen LogP contribution in [0.5, 0.6) is 0 Å². The molecule has 0 radical (unpaired) electrons.